The molecule has 2 aliphatic carbocycles. The van der Waals surface area contributed by atoms with Gasteiger partial charge in [0.1, 0.15) is 6.61 Å². The molecule has 3 heteroatoms. The van der Waals surface area contributed by atoms with Crippen molar-refractivity contribution in [3.8, 4) is 6.07 Å². The van der Waals surface area contributed by atoms with Gasteiger partial charge in [-0.25, -0.2) is 0 Å². The van der Waals surface area contributed by atoms with E-state index in [4.69, 9.17) is 10.00 Å². The van der Waals surface area contributed by atoms with Crippen LogP contribution in [0.5, 0.6) is 0 Å². The zero-order chi connectivity index (χ0) is 13.2. The lowest BCUT2D eigenvalue weighted by Gasteiger charge is -2.20. The van der Waals surface area contributed by atoms with Gasteiger partial charge in [-0.3, -0.25) is 4.79 Å². The van der Waals surface area contributed by atoms with Gasteiger partial charge in [-0.1, -0.05) is 24.6 Å². The SMILES string of the molecule is N#Cc1ccccc1COC(=O)[C@H]1C[C@H]2CC[C@H]1C2. The van der Waals surface area contributed by atoms with E-state index >= 15 is 0 Å². The fourth-order valence-corrected chi connectivity index (χ4v) is 3.54. The summed E-state index contributed by atoms with van der Waals surface area (Å²) in [6.45, 7) is 0.219. The summed E-state index contributed by atoms with van der Waals surface area (Å²) < 4.78 is 5.42. The number of hydrogen-bond acceptors (Lipinski definition) is 3. The smallest absolute Gasteiger partial charge is 0.309 e. The average molecular weight is 255 g/mol. The number of nitriles is 1. The quantitative estimate of drug-likeness (QED) is 0.780. The highest BCUT2D eigenvalue weighted by Crippen LogP contribution is 2.48. The van der Waals surface area contributed by atoms with E-state index in [1.807, 2.05) is 18.2 Å². The number of carbonyl (C=O) groups is 1. The maximum absolute atomic E-state index is 12.1. The molecule has 1 aromatic rings. The van der Waals surface area contributed by atoms with Gasteiger partial charge in [0.2, 0.25) is 0 Å². The molecule has 0 saturated heterocycles. The monoisotopic (exact) mass is 255 g/mol. The fourth-order valence-electron chi connectivity index (χ4n) is 3.54. The molecule has 0 aromatic heterocycles. The minimum atomic E-state index is -0.0695. The zero-order valence-corrected chi connectivity index (χ0v) is 10.8. The van der Waals surface area contributed by atoms with Crippen LogP contribution in [-0.2, 0) is 16.1 Å². The minimum absolute atomic E-state index is 0.0695. The van der Waals surface area contributed by atoms with Crippen LogP contribution in [0.2, 0.25) is 0 Å². The average Bonchev–Trinajstić information content (AvgIpc) is 3.07. The summed E-state index contributed by atoms with van der Waals surface area (Å²) in [6, 6.07) is 9.40. The summed E-state index contributed by atoms with van der Waals surface area (Å²) in [5, 5.41) is 8.99. The normalized spacial score (nSPS) is 28.1. The van der Waals surface area contributed by atoms with Crippen molar-refractivity contribution < 1.29 is 9.53 Å². The highest BCUT2D eigenvalue weighted by Gasteiger charge is 2.43. The first-order chi connectivity index (χ1) is 9.28. The predicted molar refractivity (Wildman–Crippen MR) is 69.9 cm³/mol. The molecule has 0 aliphatic heterocycles. The Kier molecular flexibility index (Phi) is 3.25. The van der Waals surface area contributed by atoms with Crippen LogP contribution in [-0.4, -0.2) is 5.97 Å². The molecule has 0 heterocycles. The maximum Gasteiger partial charge on any atom is 0.309 e. The Labute approximate surface area is 113 Å². The van der Waals surface area contributed by atoms with Crippen molar-refractivity contribution in [3.63, 3.8) is 0 Å². The Bertz CT molecular complexity index is 532. The molecule has 3 atom stereocenters. The van der Waals surface area contributed by atoms with Crippen molar-refractivity contribution in [2.45, 2.75) is 32.3 Å². The first-order valence-electron chi connectivity index (χ1n) is 6.92. The van der Waals surface area contributed by atoms with E-state index in [0.29, 0.717) is 11.5 Å². The maximum atomic E-state index is 12.1. The van der Waals surface area contributed by atoms with Crippen LogP contribution in [0.1, 0.15) is 36.8 Å². The van der Waals surface area contributed by atoms with Crippen molar-refractivity contribution in [2.24, 2.45) is 17.8 Å². The second kappa shape index (κ2) is 5.05. The van der Waals surface area contributed by atoms with E-state index < -0.39 is 0 Å². The second-order valence-corrected chi connectivity index (χ2v) is 5.66. The van der Waals surface area contributed by atoms with Crippen LogP contribution in [0.3, 0.4) is 0 Å². The molecule has 0 radical (unpaired) electrons. The molecule has 2 fully saturated rings. The Morgan fingerprint density at radius 1 is 1.32 bits per heavy atom. The van der Waals surface area contributed by atoms with Crippen molar-refractivity contribution in [1.29, 1.82) is 5.26 Å². The van der Waals surface area contributed by atoms with Crippen LogP contribution in [0, 0.1) is 29.1 Å². The molecule has 2 saturated carbocycles. The molecule has 1 aromatic carbocycles. The largest absolute Gasteiger partial charge is 0.461 e. The third kappa shape index (κ3) is 2.35. The Balaban J connectivity index is 1.60. The number of rotatable bonds is 3. The van der Waals surface area contributed by atoms with Gasteiger partial charge < -0.3 is 4.74 Å². The number of nitrogens with zero attached hydrogens (tertiary/aromatic N) is 1. The molecule has 2 bridgehead atoms. The van der Waals surface area contributed by atoms with Crippen molar-refractivity contribution in [3.05, 3.63) is 35.4 Å². The summed E-state index contributed by atoms with van der Waals surface area (Å²) in [5.74, 6) is 1.32. The molecule has 0 N–H and O–H groups in total. The van der Waals surface area contributed by atoms with Gasteiger partial charge in [0.15, 0.2) is 0 Å². The van der Waals surface area contributed by atoms with E-state index in [2.05, 4.69) is 6.07 Å². The molecule has 0 amide bonds. The number of benzene rings is 1. The number of fused-ring (bicyclic) bond motifs is 2. The molecule has 19 heavy (non-hydrogen) atoms. The van der Waals surface area contributed by atoms with Crippen LogP contribution in [0.4, 0.5) is 0 Å². The Hall–Kier alpha value is -1.82. The lowest BCUT2D eigenvalue weighted by Crippen LogP contribution is -2.23. The highest BCUT2D eigenvalue weighted by molar-refractivity contribution is 5.73. The highest BCUT2D eigenvalue weighted by atomic mass is 16.5. The van der Waals surface area contributed by atoms with Gasteiger partial charge in [-0.05, 0) is 37.2 Å². The molecule has 3 rings (SSSR count). The minimum Gasteiger partial charge on any atom is -0.461 e. The van der Waals surface area contributed by atoms with Gasteiger partial charge in [-0.2, -0.15) is 5.26 Å². The van der Waals surface area contributed by atoms with Gasteiger partial charge in [0.05, 0.1) is 17.6 Å². The van der Waals surface area contributed by atoms with Gasteiger partial charge in [0, 0.05) is 5.56 Å². The van der Waals surface area contributed by atoms with Gasteiger partial charge >= 0.3 is 5.97 Å². The lowest BCUT2D eigenvalue weighted by molar-refractivity contribution is -0.151. The molecule has 3 nitrogen and oxygen atoms in total. The fraction of sp³-hybridized carbons (Fsp3) is 0.500. The van der Waals surface area contributed by atoms with Crippen molar-refractivity contribution >= 4 is 5.97 Å². The van der Waals surface area contributed by atoms with Crippen LogP contribution < -0.4 is 0 Å². The molecule has 0 spiro atoms. The number of carbonyl (C=O) groups excluding carboxylic acids is 1. The molecule has 2 aliphatic rings. The molecule has 0 unspecified atom stereocenters. The molecular weight excluding hydrogens is 238 g/mol. The summed E-state index contributed by atoms with van der Waals surface area (Å²) >= 11 is 0. The van der Waals surface area contributed by atoms with Crippen LogP contribution in [0.15, 0.2) is 24.3 Å². The van der Waals surface area contributed by atoms with Gasteiger partial charge in [0.25, 0.3) is 0 Å². The lowest BCUT2D eigenvalue weighted by atomic mass is 9.89. The van der Waals surface area contributed by atoms with E-state index in [1.165, 1.54) is 19.3 Å². The number of ether oxygens (including phenoxy) is 1. The van der Waals surface area contributed by atoms with E-state index in [-0.39, 0.29) is 18.5 Å². The second-order valence-electron chi connectivity index (χ2n) is 5.66. The summed E-state index contributed by atoms with van der Waals surface area (Å²) in [4.78, 5) is 12.1. The Morgan fingerprint density at radius 2 is 2.16 bits per heavy atom. The molecular formula is C16H17NO2. The summed E-state index contributed by atoms with van der Waals surface area (Å²) in [6.07, 6.45) is 4.67. The van der Waals surface area contributed by atoms with Crippen LogP contribution in [0.25, 0.3) is 0 Å². The number of esters is 1. The standard InChI is InChI=1S/C16H17NO2/c17-9-13-3-1-2-4-14(13)10-19-16(18)15-8-11-5-6-12(15)7-11/h1-4,11-12,15H,5-8,10H2/t11-,12-,15-/m0/s1. The predicted octanol–water partition coefficient (Wildman–Crippen LogP) is 3.04. The summed E-state index contributed by atoms with van der Waals surface area (Å²) in [5.41, 5.74) is 1.38. The first kappa shape index (κ1) is 12.2. The summed E-state index contributed by atoms with van der Waals surface area (Å²) in [7, 11) is 0. The Morgan fingerprint density at radius 3 is 2.84 bits per heavy atom. The third-order valence-corrected chi connectivity index (χ3v) is 4.55. The van der Waals surface area contributed by atoms with E-state index in [9.17, 15) is 4.79 Å². The van der Waals surface area contributed by atoms with Crippen molar-refractivity contribution in [1.82, 2.24) is 0 Å². The van der Waals surface area contributed by atoms with Crippen LogP contribution >= 0.6 is 0 Å². The molecule has 98 valence electrons. The third-order valence-electron chi connectivity index (χ3n) is 4.55. The van der Waals surface area contributed by atoms with Crippen molar-refractivity contribution in [2.75, 3.05) is 0 Å². The first-order valence-corrected chi connectivity index (χ1v) is 6.92. The topological polar surface area (TPSA) is 50.1 Å². The van der Waals surface area contributed by atoms with E-state index in [0.717, 1.165) is 17.9 Å². The van der Waals surface area contributed by atoms with Gasteiger partial charge in [-0.15, -0.1) is 0 Å². The van der Waals surface area contributed by atoms with E-state index in [1.54, 1.807) is 6.07 Å². The zero-order valence-electron chi connectivity index (χ0n) is 10.8. The number of hydrogen-bond donors (Lipinski definition) is 0.